The number of fused-ring (bicyclic) bond motifs is 1. The van der Waals surface area contributed by atoms with E-state index in [4.69, 9.17) is 27.9 Å². The smallest absolute Gasteiger partial charge is 0.332 e. The highest BCUT2D eigenvalue weighted by atomic mass is 35.5. The molecule has 4 aromatic rings. The van der Waals surface area contributed by atoms with Crippen molar-refractivity contribution in [1.82, 2.24) is 9.13 Å². The number of hydrogen-bond donors (Lipinski definition) is 0. The predicted octanol–water partition coefficient (Wildman–Crippen LogP) is 4.58. The van der Waals surface area contributed by atoms with E-state index in [0.29, 0.717) is 16.3 Å². The molecule has 152 valence electrons. The van der Waals surface area contributed by atoms with Gasteiger partial charge in [-0.1, -0.05) is 65.7 Å². The fourth-order valence-electron chi connectivity index (χ4n) is 3.47. The highest BCUT2D eigenvalue weighted by molar-refractivity contribution is 6.38. The van der Waals surface area contributed by atoms with Crippen LogP contribution in [0, 0.1) is 0 Å². The molecule has 0 saturated heterocycles. The molecule has 0 amide bonds. The summed E-state index contributed by atoms with van der Waals surface area (Å²) < 4.78 is 7.98. The van der Waals surface area contributed by atoms with Crippen molar-refractivity contribution in [2.45, 2.75) is 13.1 Å². The standard InChI is InChI=1S/C23H18Cl2N2O3/c1-30-18-9-5-8-16(10-18)14-27-22(28)21-19(25)11-17(24)12-20(21)26(23(27)29)13-15-6-3-2-4-7-15/h2-12H,13-14H2,1H3. The minimum Gasteiger partial charge on any atom is -0.497 e. The molecular weight excluding hydrogens is 423 g/mol. The number of rotatable bonds is 5. The molecule has 3 aromatic carbocycles. The van der Waals surface area contributed by atoms with Gasteiger partial charge in [-0.2, -0.15) is 0 Å². The topological polar surface area (TPSA) is 53.2 Å². The number of benzene rings is 3. The van der Waals surface area contributed by atoms with E-state index in [2.05, 4.69) is 0 Å². The minimum absolute atomic E-state index is 0.0958. The number of halogens is 2. The zero-order chi connectivity index (χ0) is 21.3. The van der Waals surface area contributed by atoms with Gasteiger partial charge in [0.05, 0.1) is 36.1 Å². The molecule has 0 aliphatic rings. The molecule has 0 unspecified atom stereocenters. The number of nitrogens with zero attached hydrogens (tertiary/aromatic N) is 2. The molecule has 0 atom stereocenters. The molecule has 5 nitrogen and oxygen atoms in total. The van der Waals surface area contributed by atoms with Crippen LogP contribution in [0.15, 0.2) is 76.3 Å². The lowest BCUT2D eigenvalue weighted by molar-refractivity contribution is 0.414. The second kappa shape index (κ2) is 8.38. The summed E-state index contributed by atoms with van der Waals surface area (Å²) in [7, 11) is 1.57. The molecule has 0 aliphatic heterocycles. The maximum atomic E-state index is 13.4. The van der Waals surface area contributed by atoms with Gasteiger partial charge in [-0.15, -0.1) is 0 Å². The van der Waals surface area contributed by atoms with Crippen LogP contribution in [0.1, 0.15) is 11.1 Å². The van der Waals surface area contributed by atoms with Gasteiger partial charge in [0.2, 0.25) is 0 Å². The summed E-state index contributed by atoms with van der Waals surface area (Å²) in [6.45, 7) is 0.379. The Kier molecular flexibility index (Phi) is 5.66. The Bertz CT molecular complexity index is 1340. The normalized spacial score (nSPS) is 11.0. The van der Waals surface area contributed by atoms with Crippen molar-refractivity contribution in [3.8, 4) is 5.75 Å². The van der Waals surface area contributed by atoms with Crippen LogP contribution in [-0.2, 0) is 13.1 Å². The van der Waals surface area contributed by atoms with E-state index in [-0.39, 0.29) is 23.5 Å². The molecule has 0 radical (unpaired) electrons. The highest BCUT2D eigenvalue weighted by Crippen LogP contribution is 2.25. The van der Waals surface area contributed by atoms with Gasteiger partial charge in [0.1, 0.15) is 5.75 Å². The Morgan fingerprint density at radius 2 is 1.53 bits per heavy atom. The Morgan fingerprint density at radius 1 is 0.833 bits per heavy atom. The van der Waals surface area contributed by atoms with E-state index in [1.807, 2.05) is 42.5 Å². The van der Waals surface area contributed by atoms with Crippen molar-refractivity contribution in [3.63, 3.8) is 0 Å². The maximum absolute atomic E-state index is 13.4. The molecular formula is C23H18Cl2N2O3. The summed E-state index contributed by atoms with van der Waals surface area (Å²) in [5.74, 6) is 0.649. The molecule has 0 N–H and O–H groups in total. The molecule has 1 aromatic heterocycles. The van der Waals surface area contributed by atoms with Gasteiger partial charge < -0.3 is 4.74 Å². The van der Waals surface area contributed by atoms with Crippen molar-refractivity contribution in [2.24, 2.45) is 0 Å². The molecule has 1 heterocycles. The van der Waals surface area contributed by atoms with Crippen LogP contribution < -0.4 is 16.0 Å². The van der Waals surface area contributed by atoms with E-state index >= 15 is 0 Å². The predicted molar refractivity (Wildman–Crippen MR) is 120 cm³/mol. The van der Waals surface area contributed by atoms with Crippen LogP contribution in [0.25, 0.3) is 10.9 Å². The lowest BCUT2D eigenvalue weighted by Gasteiger charge is -2.16. The second-order valence-electron chi connectivity index (χ2n) is 6.88. The molecule has 0 spiro atoms. The van der Waals surface area contributed by atoms with Crippen molar-refractivity contribution < 1.29 is 4.74 Å². The average molecular weight is 441 g/mol. The van der Waals surface area contributed by atoms with Crippen LogP contribution >= 0.6 is 23.2 Å². The first kappa shape index (κ1) is 20.3. The van der Waals surface area contributed by atoms with Crippen LogP contribution in [0.2, 0.25) is 10.0 Å². The molecule has 0 fully saturated rings. The molecule has 0 saturated carbocycles. The van der Waals surface area contributed by atoms with Gasteiger partial charge in [-0.3, -0.25) is 13.9 Å². The lowest BCUT2D eigenvalue weighted by atomic mass is 10.2. The van der Waals surface area contributed by atoms with Crippen molar-refractivity contribution >= 4 is 34.1 Å². The number of ether oxygens (including phenoxy) is 1. The van der Waals surface area contributed by atoms with Gasteiger partial charge in [0.15, 0.2) is 0 Å². The van der Waals surface area contributed by atoms with Crippen LogP contribution in [0.5, 0.6) is 5.75 Å². The van der Waals surface area contributed by atoms with Crippen LogP contribution in [0.3, 0.4) is 0 Å². The van der Waals surface area contributed by atoms with Gasteiger partial charge >= 0.3 is 5.69 Å². The Balaban J connectivity index is 1.96. The largest absolute Gasteiger partial charge is 0.497 e. The Morgan fingerprint density at radius 3 is 2.27 bits per heavy atom. The second-order valence-corrected chi connectivity index (χ2v) is 7.72. The summed E-state index contributed by atoms with van der Waals surface area (Å²) in [6, 6.07) is 19.9. The highest BCUT2D eigenvalue weighted by Gasteiger charge is 2.17. The van der Waals surface area contributed by atoms with E-state index in [0.717, 1.165) is 11.1 Å². The fraction of sp³-hybridized carbons (Fsp3) is 0.130. The zero-order valence-corrected chi connectivity index (χ0v) is 17.7. The third-order valence-electron chi connectivity index (χ3n) is 4.90. The van der Waals surface area contributed by atoms with E-state index < -0.39 is 11.2 Å². The van der Waals surface area contributed by atoms with E-state index in [1.54, 1.807) is 25.3 Å². The minimum atomic E-state index is -0.455. The maximum Gasteiger partial charge on any atom is 0.332 e. The number of hydrogen-bond acceptors (Lipinski definition) is 3. The molecule has 30 heavy (non-hydrogen) atoms. The first-order chi connectivity index (χ1) is 14.5. The summed E-state index contributed by atoms with van der Waals surface area (Å²) >= 11 is 12.6. The average Bonchev–Trinajstić information content (AvgIpc) is 2.74. The first-order valence-corrected chi connectivity index (χ1v) is 10.0. The molecule has 0 bridgehead atoms. The summed E-state index contributed by atoms with van der Waals surface area (Å²) in [6.07, 6.45) is 0. The molecule has 7 heteroatoms. The van der Waals surface area contributed by atoms with Crippen LogP contribution in [0.4, 0.5) is 0 Å². The van der Waals surface area contributed by atoms with Crippen molar-refractivity contribution in [2.75, 3.05) is 7.11 Å². The van der Waals surface area contributed by atoms with Gasteiger partial charge in [0.25, 0.3) is 5.56 Å². The first-order valence-electron chi connectivity index (χ1n) is 9.27. The summed E-state index contributed by atoms with van der Waals surface area (Å²) in [4.78, 5) is 26.6. The lowest BCUT2D eigenvalue weighted by Crippen LogP contribution is -2.40. The van der Waals surface area contributed by atoms with Gasteiger partial charge in [-0.25, -0.2) is 4.79 Å². The fourth-order valence-corrected chi connectivity index (χ4v) is 4.03. The SMILES string of the molecule is COc1cccc(Cn2c(=O)c3c(Cl)cc(Cl)cc3n(Cc3ccccc3)c2=O)c1. The zero-order valence-electron chi connectivity index (χ0n) is 16.1. The monoisotopic (exact) mass is 440 g/mol. The Labute approximate surface area is 182 Å². The molecule has 4 rings (SSSR count). The van der Waals surface area contributed by atoms with Crippen molar-refractivity contribution in [1.29, 1.82) is 0 Å². The van der Waals surface area contributed by atoms with Crippen LogP contribution in [-0.4, -0.2) is 16.2 Å². The van der Waals surface area contributed by atoms with E-state index in [9.17, 15) is 9.59 Å². The van der Waals surface area contributed by atoms with Gasteiger partial charge in [0, 0.05) is 5.02 Å². The third kappa shape index (κ3) is 3.86. The summed E-state index contributed by atoms with van der Waals surface area (Å²) in [5.41, 5.74) is 1.21. The Hall–Kier alpha value is -3.02. The third-order valence-corrected chi connectivity index (χ3v) is 5.42. The molecule has 0 aliphatic carbocycles. The number of aromatic nitrogens is 2. The van der Waals surface area contributed by atoms with E-state index in [1.165, 1.54) is 15.2 Å². The van der Waals surface area contributed by atoms with Gasteiger partial charge in [-0.05, 0) is 35.4 Å². The quantitative estimate of drug-likeness (QED) is 0.456. The summed E-state index contributed by atoms with van der Waals surface area (Å²) in [5, 5.41) is 0.835. The number of methoxy groups -OCH3 is 1. The van der Waals surface area contributed by atoms with Crippen molar-refractivity contribution in [3.05, 3.63) is 109 Å².